The molecular formula is C18H24N4O2. The van der Waals surface area contributed by atoms with Crippen molar-refractivity contribution in [2.24, 2.45) is 11.7 Å². The summed E-state index contributed by atoms with van der Waals surface area (Å²) in [4.78, 5) is 18.0. The number of rotatable bonds is 6. The average Bonchev–Trinajstić information content (AvgIpc) is 3.12. The molecule has 2 aromatic heterocycles. The summed E-state index contributed by atoms with van der Waals surface area (Å²) < 4.78 is 5.25. The molecule has 6 heteroatoms. The number of carbonyl (C=O) groups excluding carboxylic acids is 1. The fraction of sp³-hybridized carbons (Fsp3) is 0.500. The van der Waals surface area contributed by atoms with E-state index in [1.54, 1.807) is 0 Å². The third-order valence-electron chi connectivity index (χ3n) is 4.64. The summed E-state index contributed by atoms with van der Waals surface area (Å²) in [5.41, 5.74) is 9.11. The van der Waals surface area contributed by atoms with Crippen molar-refractivity contribution in [3.63, 3.8) is 0 Å². The molecule has 1 amide bonds. The first-order chi connectivity index (χ1) is 11.5. The molecule has 0 aliphatic carbocycles. The first-order valence-corrected chi connectivity index (χ1v) is 8.42. The van der Waals surface area contributed by atoms with Gasteiger partial charge in [0, 0.05) is 25.2 Å². The van der Waals surface area contributed by atoms with Crippen LogP contribution in [0, 0.1) is 19.8 Å². The quantitative estimate of drug-likeness (QED) is 0.877. The fourth-order valence-corrected chi connectivity index (χ4v) is 3.43. The molecule has 0 radical (unpaired) electrons. The number of aryl methyl sites for hydroxylation is 2. The number of primary amides is 1. The zero-order valence-corrected chi connectivity index (χ0v) is 14.3. The number of pyridine rings is 1. The molecule has 1 aliphatic heterocycles. The largest absolute Gasteiger partial charge is 0.370 e. The van der Waals surface area contributed by atoms with Crippen LogP contribution in [0.25, 0.3) is 11.3 Å². The van der Waals surface area contributed by atoms with Crippen LogP contribution in [0.2, 0.25) is 0 Å². The van der Waals surface area contributed by atoms with Gasteiger partial charge in [0.1, 0.15) is 5.76 Å². The molecule has 3 rings (SSSR count). The zero-order valence-electron chi connectivity index (χ0n) is 14.3. The topological polar surface area (TPSA) is 85.3 Å². The minimum absolute atomic E-state index is 0.229. The van der Waals surface area contributed by atoms with Crippen molar-refractivity contribution in [1.82, 2.24) is 15.0 Å². The maximum absolute atomic E-state index is 10.9. The van der Waals surface area contributed by atoms with Gasteiger partial charge in [-0.1, -0.05) is 11.2 Å². The summed E-state index contributed by atoms with van der Waals surface area (Å²) >= 11 is 0. The molecular weight excluding hydrogens is 304 g/mol. The Balaban J connectivity index is 1.65. The van der Waals surface area contributed by atoms with Crippen LogP contribution in [-0.4, -0.2) is 40.6 Å². The standard InChI is InChI=1S/C18H24N4O2/c1-12-18(13(2)24-21-12)16-5-3-4-15(20-16)10-14-6-8-22(11-14)9-7-17(19)23/h3-5,14H,6-11H2,1-2H3,(H2,19,23). The maximum atomic E-state index is 10.9. The molecule has 3 heterocycles. The van der Waals surface area contributed by atoms with Gasteiger partial charge in [0.15, 0.2) is 0 Å². The van der Waals surface area contributed by atoms with E-state index in [0.29, 0.717) is 12.3 Å². The lowest BCUT2D eigenvalue weighted by atomic mass is 10.0. The lowest BCUT2D eigenvalue weighted by molar-refractivity contribution is -0.118. The first kappa shape index (κ1) is 16.6. The minimum atomic E-state index is -0.229. The molecule has 0 saturated carbocycles. The van der Waals surface area contributed by atoms with Crippen LogP contribution in [0.5, 0.6) is 0 Å². The monoisotopic (exact) mass is 328 g/mol. The van der Waals surface area contributed by atoms with E-state index >= 15 is 0 Å². The molecule has 1 aliphatic rings. The van der Waals surface area contributed by atoms with Gasteiger partial charge >= 0.3 is 0 Å². The second-order valence-electron chi connectivity index (χ2n) is 6.59. The molecule has 1 unspecified atom stereocenters. The Hall–Kier alpha value is -2.21. The molecule has 6 nitrogen and oxygen atoms in total. The van der Waals surface area contributed by atoms with Crippen LogP contribution < -0.4 is 5.73 Å². The van der Waals surface area contributed by atoms with Crippen molar-refractivity contribution >= 4 is 5.91 Å². The molecule has 2 aromatic rings. The predicted octanol–water partition coefficient (Wildman–Crippen LogP) is 2.09. The number of nitrogens with two attached hydrogens (primary N) is 1. The number of likely N-dealkylation sites (tertiary alicyclic amines) is 1. The second-order valence-corrected chi connectivity index (χ2v) is 6.59. The third-order valence-corrected chi connectivity index (χ3v) is 4.64. The van der Waals surface area contributed by atoms with Gasteiger partial charge < -0.3 is 15.2 Å². The van der Waals surface area contributed by atoms with Crippen molar-refractivity contribution in [1.29, 1.82) is 0 Å². The van der Waals surface area contributed by atoms with Crippen molar-refractivity contribution in [2.75, 3.05) is 19.6 Å². The molecule has 24 heavy (non-hydrogen) atoms. The summed E-state index contributed by atoms with van der Waals surface area (Å²) in [5.74, 6) is 1.15. The van der Waals surface area contributed by atoms with Gasteiger partial charge in [-0.25, -0.2) is 0 Å². The van der Waals surface area contributed by atoms with Crippen LogP contribution in [0.1, 0.15) is 30.0 Å². The Bertz CT molecular complexity index is 706. The fourth-order valence-electron chi connectivity index (χ4n) is 3.43. The van der Waals surface area contributed by atoms with E-state index in [4.69, 9.17) is 15.2 Å². The number of aromatic nitrogens is 2. The number of nitrogens with zero attached hydrogens (tertiary/aromatic N) is 3. The van der Waals surface area contributed by atoms with E-state index in [1.807, 2.05) is 26.0 Å². The summed E-state index contributed by atoms with van der Waals surface area (Å²) in [6.07, 6.45) is 2.52. The van der Waals surface area contributed by atoms with Gasteiger partial charge in [0.25, 0.3) is 0 Å². The number of amides is 1. The highest BCUT2D eigenvalue weighted by Crippen LogP contribution is 2.26. The van der Waals surface area contributed by atoms with Crippen LogP contribution >= 0.6 is 0 Å². The summed E-state index contributed by atoms with van der Waals surface area (Å²) in [6.45, 7) is 6.65. The Morgan fingerprint density at radius 1 is 1.42 bits per heavy atom. The van der Waals surface area contributed by atoms with E-state index < -0.39 is 0 Å². The Morgan fingerprint density at radius 2 is 2.25 bits per heavy atom. The van der Waals surface area contributed by atoms with E-state index in [2.05, 4.69) is 16.1 Å². The predicted molar refractivity (Wildman–Crippen MR) is 91.3 cm³/mol. The SMILES string of the molecule is Cc1noc(C)c1-c1cccc(CC2CCN(CCC(N)=O)C2)n1. The van der Waals surface area contributed by atoms with Gasteiger partial charge in [-0.3, -0.25) is 9.78 Å². The van der Waals surface area contributed by atoms with Crippen LogP contribution in [0.15, 0.2) is 22.7 Å². The van der Waals surface area contributed by atoms with E-state index in [1.165, 1.54) is 0 Å². The first-order valence-electron chi connectivity index (χ1n) is 8.42. The minimum Gasteiger partial charge on any atom is -0.370 e. The molecule has 128 valence electrons. The molecule has 0 bridgehead atoms. The number of carbonyl (C=O) groups is 1. The smallest absolute Gasteiger partial charge is 0.218 e. The van der Waals surface area contributed by atoms with Gasteiger partial charge in [-0.15, -0.1) is 0 Å². The third kappa shape index (κ3) is 3.82. The number of hydrogen-bond acceptors (Lipinski definition) is 5. The highest BCUT2D eigenvalue weighted by atomic mass is 16.5. The molecule has 1 fully saturated rings. The maximum Gasteiger partial charge on any atom is 0.218 e. The van der Waals surface area contributed by atoms with Crippen molar-refractivity contribution in [3.8, 4) is 11.3 Å². The summed E-state index contributed by atoms with van der Waals surface area (Å²) in [6, 6.07) is 6.13. The van der Waals surface area contributed by atoms with Gasteiger partial charge in [-0.05, 0) is 51.3 Å². The number of hydrogen-bond donors (Lipinski definition) is 1. The molecule has 1 atom stereocenters. The van der Waals surface area contributed by atoms with E-state index in [-0.39, 0.29) is 5.91 Å². The van der Waals surface area contributed by atoms with E-state index in [9.17, 15) is 4.79 Å². The Kier molecular flexibility index (Phi) is 4.94. The lowest BCUT2D eigenvalue weighted by Gasteiger charge is -2.15. The van der Waals surface area contributed by atoms with Gasteiger partial charge in [-0.2, -0.15) is 0 Å². The molecule has 0 spiro atoms. The molecule has 2 N–H and O–H groups in total. The molecule has 0 aromatic carbocycles. The van der Waals surface area contributed by atoms with Crippen molar-refractivity contribution < 1.29 is 9.32 Å². The average molecular weight is 328 g/mol. The van der Waals surface area contributed by atoms with Crippen molar-refractivity contribution in [2.45, 2.75) is 33.1 Å². The van der Waals surface area contributed by atoms with Gasteiger partial charge in [0.2, 0.25) is 5.91 Å². The Morgan fingerprint density at radius 3 is 2.96 bits per heavy atom. The van der Waals surface area contributed by atoms with Crippen LogP contribution in [0.4, 0.5) is 0 Å². The molecule has 1 saturated heterocycles. The van der Waals surface area contributed by atoms with E-state index in [0.717, 1.165) is 60.9 Å². The second kappa shape index (κ2) is 7.13. The zero-order chi connectivity index (χ0) is 17.1. The Labute approximate surface area is 142 Å². The van der Waals surface area contributed by atoms with Crippen molar-refractivity contribution in [3.05, 3.63) is 35.3 Å². The highest BCUT2D eigenvalue weighted by molar-refractivity contribution is 5.73. The summed E-state index contributed by atoms with van der Waals surface area (Å²) in [7, 11) is 0. The van der Waals surface area contributed by atoms with Crippen LogP contribution in [0.3, 0.4) is 0 Å². The highest BCUT2D eigenvalue weighted by Gasteiger charge is 2.23. The van der Waals surface area contributed by atoms with Gasteiger partial charge in [0.05, 0.1) is 17.0 Å². The summed E-state index contributed by atoms with van der Waals surface area (Å²) in [5, 5.41) is 4.01. The van der Waals surface area contributed by atoms with Crippen LogP contribution in [-0.2, 0) is 11.2 Å². The normalized spacial score (nSPS) is 18.2. The lowest BCUT2D eigenvalue weighted by Crippen LogP contribution is -2.26.